The summed E-state index contributed by atoms with van der Waals surface area (Å²) in [7, 11) is 0. The third-order valence-corrected chi connectivity index (χ3v) is 8.62. The van der Waals surface area contributed by atoms with Gasteiger partial charge in [0.05, 0.1) is 34.1 Å². The van der Waals surface area contributed by atoms with Crippen molar-refractivity contribution in [2.45, 2.75) is 38.8 Å². The van der Waals surface area contributed by atoms with Crippen LogP contribution in [0.1, 0.15) is 48.9 Å². The molecule has 8 nitrogen and oxygen atoms in total. The molecule has 4 heterocycles. The van der Waals surface area contributed by atoms with E-state index in [0.29, 0.717) is 40.1 Å². The summed E-state index contributed by atoms with van der Waals surface area (Å²) in [4.78, 5) is 60.6. The van der Waals surface area contributed by atoms with E-state index in [1.165, 1.54) is 11.8 Å². The number of fused-ring (bicyclic) bond motifs is 8. The lowest BCUT2D eigenvalue weighted by Crippen LogP contribution is -2.50. The highest BCUT2D eigenvalue weighted by Crippen LogP contribution is 2.56. The predicted molar refractivity (Wildman–Crippen MR) is 150 cm³/mol. The quantitative estimate of drug-likeness (QED) is 0.315. The predicted octanol–water partition coefficient (Wildman–Crippen LogP) is 3.97. The van der Waals surface area contributed by atoms with Crippen LogP contribution in [0.15, 0.2) is 77.6 Å². The number of aromatic nitrogens is 2. The number of hydrogen-bond acceptors (Lipinski definition) is 6. The molecular formula is C32H28N4O4. The maximum absolute atomic E-state index is 14.5. The summed E-state index contributed by atoms with van der Waals surface area (Å²) in [5.41, 5.74) is 1.56. The molecule has 4 atom stereocenters. The SMILES string of the molecule is CC(=O)c1ccc(N2C(=O)[C@@H]3[C@H](CC(C)C)N[C@]4(c5ccccc5-n5c4nc4ccccc4c5=O)[C@H]3C2=O)cc1. The maximum Gasteiger partial charge on any atom is 0.266 e. The minimum atomic E-state index is -1.16. The van der Waals surface area contributed by atoms with Gasteiger partial charge in [0.25, 0.3) is 5.56 Å². The Morgan fingerprint density at radius 3 is 2.38 bits per heavy atom. The number of nitrogens with zero attached hydrogens (tertiary/aromatic N) is 3. The van der Waals surface area contributed by atoms with E-state index in [1.807, 2.05) is 36.4 Å². The van der Waals surface area contributed by atoms with Crippen molar-refractivity contribution in [2.75, 3.05) is 4.90 Å². The summed E-state index contributed by atoms with van der Waals surface area (Å²) in [6.45, 7) is 5.66. The van der Waals surface area contributed by atoms with Crippen LogP contribution in [-0.4, -0.2) is 33.2 Å². The second-order valence-electron chi connectivity index (χ2n) is 11.4. The zero-order valence-corrected chi connectivity index (χ0v) is 22.4. The Kier molecular flexibility index (Phi) is 5.25. The van der Waals surface area contributed by atoms with Crippen molar-refractivity contribution in [3.05, 3.63) is 100 Å². The molecule has 40 heavy (non-hydrogen) atoms. The number of carbonyl (C=O) groups is 3. The lowest BCUT2D eigenvalue weighted by molar-refractivity contribution is -0.123. The highest BCUT2D eigenvalue weighted by atomic mass is 16.2. The molecule has 2 saturated heterocycles. The monoisotopic (exact) mass is 532 g/mol. The summed E-state index contributed by atoms with van der Waals surface area (Å²) >= 11 is 0. The average Bonchev–Trinajstić information content (AvgIpc) is 3.51. The molecule has 0 radical (unpaired) electrons. The van der Waals surface area contributed by atoms with Crippen LogP contribution in [0.2, 0.25) is 0 Å². The van der Waals surface area contributed by atoms with Crippen molar-refractivity contribution in [1.29, 1.82) is 0 Å². The standard InChI is InChI=1S/C32H28N4O4/c1-17(2)16-24-26-27(30(40)35(29(26)39)20-14-12-19(13-15-20)18(3)37)32(34-24)22-9-5-7-11-25(22)36-28(38)21-8-4-6-10-23(21)33-31(32)36/h4-15,17,24,26-27,34H,16H2,1-3H3/t24-,26+,27+,32+/m0/s1. The van der Waals surface area contributed by atoms with Gasteiger partial charge in [-0.2, -0.15) is 0 Å². The third kappa shape index (κ3) is 3.14. The van der Waals surface area contributed by atoms with Crippen LogP contribution in [0.5, 0.6) is 0 Å². The van der Waals surface area contributed by atoms with Gasteiger partial charge in [-0.1, -0.05) is 44.2 Å². The number of hydrogen-bond donors (Lipinski definition) is 1. The largest absolute Gasteiger partial charge is 0.297 e. The van der Waals surface area contributed by atoms with Gasteiger partial charge in [0.2, 0.25) is 11.8 Å². The summed E-state index contributed by atoms with van der Waals surface area (Å²) in [6, 6.07) is 21.0. The van der Waals surface area contributed by atoms with Crippen LogP contribution in [0.25, 0.3) is 16.6 Å². The molecule has 200 valence electrons. The molecule has 1 spiro atoms. The topological polar surface area (TPSA) is 101 Å². The molecule has 3 aromatic carbocycles. The Balaban J connectivity index is 1.48. The van der Waals surface area contributed by atoms with Gasteiger partial charge in [-0.15, -0.1) is 0 Å². The van der Waals surface area contributed by atoms with Gasteiger partial charge in [0.15, 0.2) is 5.78 Å². The van der Waals surface area contributed by atoms with E-state index < -0.39 is 17.4 Å². The van der Waals surface area contributed by atoms with Crippen LogP contribution in [-0.2, 0) is 15.1 Å². The summed E-state index contributed by atoms with van der Waals surface area (Å²) in [5.74, 6) is -1.47. The number of anilines is 1. The van der Waals surface area contributed by atoms with Crippen molar-refractivity contribution in [3.63, 3.8) is 0 Å². The zero-order valence-electron chi connectivity index (χ0n) is 22.4. The first-order valence-corrected chi connectivity index (χ1v) is 13.6. The molecule has 1 N–H and O–H groups in total. The second-order valence-corrected chi connectivity index (χ2v) is 11.4. The van der Waals surface area contributed by atoms with Gasteiger partial charge >= 0.3 is 0 Å². The minimum Gasteiger partial charge on any atom is -0.297 e. The zero-order chi connectivity index (χ0) is 27.9. The molecule has 3 aliphatic rings. The van der Waals surface area contributed by atoms with E-state index in [-0.39, 0.29) is 35.1 Å². The van der Waals surface area contributed by atoms with E-state index >= 15 is 0 Å². The number of imide groups is 1. The third-order valence-electron chi connectivity index (χ3n) is 8.62. The van der Waals surface area contributed by atoms with Crippen molar-refractivity contribution < 1.29 is 14.4 Å². The number of rotatable bonds is 4. The summed E-state index contributed by atoms with van der Waals surface area (Å²) in [6.07, 6.45) is 0.666. The number of carbonyl (C=O) groups excluding carboxylic acids is 3. The Labute approximate surface area is 230 Å². The average molecular weight is 533 g/mol. The molecule has 2 fully saturated rings. The summed E-state index contributed by atoms with van der Waals surface area (Å²) in [5, 5.41) is 4.22. The Morgan fingerprint density at radius 1 is 0.950 bits per heavy atom. The highest BCUT2D eigenvalue weighted by molar-refractivity contribution is 6.23. The van der Waals surface area contributed by atoms with E-state index in [0.717, 1.165) is 5.56 Å². The first-order valence-electron chi connectivity index (χ1n) is 13.6. The van der Waals surface area contributed by atoms with Crippen molar-refractivity contribution in [3.8, 4) is 5.69 Å². The van der Waals surface area contributed by atoms with Crippen molar-refractivity contribution in [2.24, 2.45) is 17.8 Å². The molecule has 0 saturated carbocycles. The molecule has 0 unspecified atom stereocenters. The smallest absolute Gasteiger partial charge is 0.266 e. The van der Waals surface area contributed by atoms with Gasteiger partial charge in [-0.25, -0.2) is 9.88 Å². The molecule has 7 rings (SSSR count). The van der Waals surface area contributed by atoms with E-state index in [1.54, 1.807) is 41.0 Å². The summed E-state index contributed by atoms with van der Waals surface area (Å²) < 4.78 is 1.61. The van der Waals surface area contributed by atoms with Crippen LogP contribution in [0.4, 0.5) is 5.69 Å². The minimum absolute atomic E-state index is 0.0921. The number of para-hydroxylation sites is 2. The molecule has 0 aliphatic carbocycles. The van der Waals surface area contributed by atoms with Gasteiger partial charge in [-0.05, 0) is 61.7 Å². The molecule has 3 aliphatic heterocycles. The fraction of sp³-hybridized carbons (Fsp3) is 0.281. The molecule has 1 aromatic heterocycles. The van der Waals surface area contributed by atoms with E-state index in [2.05, 4.69) is 19.2 Å². The van der Waals surface area contributed by atoms with Crippen LogP contribution >= 0.6 is 0 Å². The first kappa shape index (κ1) is 24.6. The molecule has 0 bridgehead atoms. The molecule has 2 amide bonds. The lowest BCUT2D eigenvalue weighted by Gasteiger charge is -2.32. The van der Waals surface area contributed by atoms with Gasteiger partial charge in [-0.3, -0.25) is 29.1 Å². The van der Waals surface area contributed by atoms with Crippen LogP contribution < -0.4 is 15.8 Å². The van der Waals surface area contributed by atoms with Gasteiger partial charge in [0, 0.05) is 17.2 Å². The second kappa shape index (κ2) is 8.53. The number of amides is 2. The van der Waals surface area contributed by atoms with E-state index in [9.17, 15) is 19.2 Å². The number of nitrogens with one attached hydrogen (secondary N) is 1. The molecular weight excluding hydrogens is 504 g/mol. The number of ketones is 1. The number of benzene rings is 3. The Hall–Kier alpha value is -4.43. The highest BCUT2D eigenvalue weighted by Gasteiger charge is 2.69. The van der Waals surface area contributed by atoms with Gasteiger partial charge < -0.3 is 0 Å². The first-order chi connectivity index (χ1) is 19.2. The Morgan fingerprint density at radius 2 is 1.65 bits per heavy atom. The van der Waals surface area contributed by atoms with Crippen molar-refractivity contribution in [1.82, 2.24) is 14.9 Å². The van der Waals surface area contributed by atoms with Crippen LogP contribution in [0, 0.1) is 17.8 Å². The molecule has 4 aromatic rings. The Bertz CT molecular complexity index is 1810. The fourth-order valence-electron chi connectivity index (χ4n) is 7.03. The lowest BCUT2D eigenvalue weighted by atomic mass is 9.75. The maximum atomic E-state index is 14.5. The molecule has 8 heteroatoms. The number of Topliss-reactive ketones (excluding diaryl/α,β-unsaturated/α-hetero) is 1. The van der Waals surface area contributed by atoms with E-state index in [4.69, 9.17) is 4.98 Å². The van der Waals surface area contributed by atoms with Crippen LogP contribution in [0.3, 0.4) is 0 Å². The van der Waals surface area contributed by atoms with Gasteiger partial charge in [0.1, 0.15) is 11.4 Å². The normalized spacial score (nSPS) is 24.7. The fourth-order valence-corrected chi connectivity index (χ4v) is 7.03. The van der Waals surface area contributed by atoms with Crippen molar-refractivity contribution >= 4 is 34.2 Å².